The zero-order valence-corrected chi connectivity index (χ0v) is 9.48. The van der Waals surface area contributed by atoms with E-state index in [-0.39, 0.29) is 12.5 Å². The second kappa shape index (κ2) is 6.32. The first-order chi connectivity index (χ1) is 7.63. The molecule has 0 aliphatic rings. The summed E-state index contributed by atoms with van der Waals surface area (Å²) in [6.45, 7) is 0.0668. The number of benzene rings is 1. The normalized spacial score (nSPS) is 10.2. The topological polar surface area (TPSA) is 41.1 Å². The number of thioether (sulfide) groups is 1. The number of alkyl halides is 2. The molecule has 3 nitrogen and oxygen atoms in total. The van der Waals surface area contributed by atoms with Gasteiger partial charge in [-0.2, -0.15) is 8.78 Å². The molecular weight excluding hydrogens is 234 g/mol. The summed E-state index contributed by atoms with van der Waals surface area (Å²) >= 11 is 0.457. The number of para-hydroxylation sites is 1. The van der Waals surface area contributed by atoms with Crippen molar-refractivity contribution >= 4 is 23.4 Å². The van der Waals surface area contributed by atoms with Gasteiger partial charge in [0, 0.05) is 17.6 Å². The van der Waals surface area contributed by atoms with E-state index in [9.17, 15) is 13.6 Å². The summed E-state index contributed by atoms with van der Waals surface area (Å²) in [5, 5.41) is 5.24. The molecule has 2 N–H and O–H groups in total. The summed E-state index contributed by atoms with van der Waals surface area (Å²) in [4.78, 5) is 11.4. The first-order valence-corrected chi connectivity index (χ1v) is 5.49. The van der Waals surface area contributed by atoms with Gasteiger partial charge in [0.1, 0.15) is 0 Å². The number of rotatable bonds is 5. The highest BCUT2D eigenvalue weighted by atomic mass is 32.2. The molecule has 88 valence electrons. The molecule has 16 heavy (non-hydrogen) atoms. The lowest BCUT2D eigenvalue weighted by molar-refractivity contribution is -0.118. The SMILES string of the molecule is CNC(=O)CNc1ccccc1SC(F)F. The summed E-state index contributed by atoms with van der Waals surface area (Å²) in [5.74, 6) is -2.67. The molecule has 0 fully saturated rings. The second-order valence-corrected chi connectivity index (χ2v) is 3.93. The van der Waals surface area contributed by atoms with Crippen molar-refractivity contribution in [3.63, 3.8) is 0 Å². The molecule has 0 aliphatic heterocycles. The smallest absolute Gasteiger partial charge is 0.288 e. The van der Waals surface area contributed by atoms with E-state index in [2.05, 4.69) is 10.6 Å². The minimum Gasteiger partial charge on any atom is -0.375 e. The molecule has 1 rings (SSSR count). The van der Waals surface area contributed by atoms with Gasteiger partial charge in [-0.3, -0.25) is 4.79 Å². The Kier molecular flexibility index (Phi) is 5.04. The molecule has 0 radical (unpaired) electrons. The van der Waals surface area contributed by atoms with Gasteiger partial charge >= 0.3 is 0 Å². The Morgan fingerprint density at radius 3 is 2.75 bits per heavy atom. The Morgan fingerprint density at radius 2 is 2.12 bits per heavy atom. The Balaban J connectivity index is 2.67. The third-order valence-corrected chi connectivity index (χ3v) is 2.61. The first kappa shape index (κ1) is 12.8. The maximum absolute atomic E-state index is 12.2. The number of hydrogen-bond acceptors (Lipinski definition) is 3. The van der Waals surface area contributed by atoms with Crippen LogP contribution in [-0.4, -0.2) is 25.3 Å². The Morgan fingerprint density at radius 1 is 1.44 bits per heavy atom. The fourth-order valence-electron chi connectivity index (χ4n) is 1.08. The van der Waals surface area contributed by atoms with Crippen LogP contribution in [0.25, 0.3) is 0 Å². The van der Waals surface area contributed by atoms with E-state index in [0.717, 1.165) is 0 Å². The van der Waals surface area contributed by atoms with Gasteiger partial charge in [0.2, 0.25) is 5.91 Å². The van der Waals surface area contributed by atoms with Crippen molar-refractivity contribution in [2.24, 2.45) is 0 Å². The average Bonchev–Trinajstić information content (AvgIpc) is 2.26. The highest BCUT2D eigenvalue weighted by Crippen LogP contribution is 2.31. The van der Waals surface area contributed by atoms with Crippen molar-refractivity contribution in [2.45, 2.75) is 10.7 Å². The molecule has 0 unspecified atom stereocenters. The van der Waals surface area contributed by atoms with Crippen LogP contribution in [0.1, 0.15) is 0 Å². The molecule has 1 aromatic carbocycles. The van der Waals surface area contributed by atoms with Gasteiger partial charge in [0.05, 0.1) is 6.54 Å². The van der Waals surface area contributed by atoms with E-state index in [4.69, 9.17) is 0 Å². The van der Waals surface area contributed by atoms with E-state index >= 15 is 0 Å². The lowest BCUT2D eigenvalue weighted by Crippen LogP contribution is -2.26. The van der Waals surface area contributed by atoms with Gasteiger partial charge in [0.25, 0.3) is 5.76 Å². The maximum Gasteiger partial charge on any atom is 0.288 e. The number of likely N-dealkylation sites (N-methyl/N-ethyl adjacent to an activating group) is 1. The largest absolute Gasteiger partial charge is 0.375 e. The quantitative estimate of drug-likeness (QED) is 0.782. The Labute approximate surface area is 96.6 Å². The standard InChI is InChI=1S/C10H12F2N2OS/c1-13-9(15)6-14-7-4-2-3-5-8(7)16-10(11)12/h2-5,10,14H,6H2,1H3,(H,13,15). The minimum atomic E-state index is -2.47. The number of amides is 1. The summed E-state index contributed by atoms with van der Waals surface area (Å²) in [5.41, 5.74) is 0.538. The van der Waals surface area contributed by atoms with E-state index in [1.54, 1.807) is 24.3 Å². The van der Waals surface area contributed by atoms with E-state index in [1.807, 2.05) is 0 Å². The van der Waals surface area contributed by atoms with Crippen LogP contribution in [0, 0.1) is 0 Å². The lowest BCUT2D eigenvalue weighted by atomic mass is 10.3. The zero-order valence-electron chi connectivity index (χ0n) is 8.67. The number of halogens is 2. The first-order valence-electron chi connectivity index (χ1n) is 4.61. The molecule has 0 spiro atoms. The molecule has 1 aromatic rings. The van der Waals surface area contributed by atoms with Gasteiger partial charge in [-0.15, -0.1) is 0 Å². The van der Waals surface area contributed by atoms with Crippen LogP contribution < -0.4 is 10.6 Å². The monoisotopic (exact) mass is 246 g/mol. The van der Waals surface area contributed by atoms with Crippen molar-refractivity contribution in [3.05, 3.63) is 24.3 Å². The summed E-state index contributed by atoms with van der Waals surface area (Å²) < 4.78 is 24.4. The predicted molar refractivity (Wildman–Crippen MR) is 60.9 cm³/mol. The Bertz CT molecular complexity index is 360. The minimum absolute atomic E-state index is 0.0668. The third-order valence-electron chi connectivity index (χ3n) is 1.82. The van der Waals surface area contributed by atoms with Gasteiger partial charge < -0.3 is 10.6 Å². The summed E-state index contributed by atoms with van der Waals surface area (Å²) in [6, 6.07) is 6.65. The number of carbonyl (C=O) groups is 1. The Hall–Kier alpha value is -1.30. The van der Waals surface area contributed by atoms with Gasteiger partial charge in [-0.05, 0) is 12.1 Å². The van der Waals surface area contributed by atoms with Gasteiger partial charge in [-0.25, -0.2) is 0 Å². The van der Waals surface area contributed by atoms with Gasteiger partial charge in [0.15, 0.2) is 0 Å². The zero-order chi connectivity index (χ0) is 12.0. The highest BCUT2D eigenvalue weighted by molar-refractivity contribution is 7.99. The van der Waals surface area contributed by atoms with E-state index in [1.165, 1.54) is 7.05 Å². The molecule has 0 bridgehead atoms. The van der Waals surface area contributed by atoms with Crippen LogP contribution in [0.4, 0.5) is 14.5 Å². The van der Waals surface area contributed by atoms with Gasteiger partial charge in [-0.1, -0.05) is 23.9 Å². The van der Waals surface area contributed by atoms with Crippen LogP contribution >= 0.6 is 11.8 Å². The molecule has 0 aromatic heterocycles. The molecule has 0 aliphatic carbocycles. The highest BCUT2D eigenvalue weighted by Gasteiger charge is 2.09. The molecule has 0 saturated heterocycles. The fourth-order valence-corrected chi connectivity index (χ4v) is 1.69. The number of anilines is 1. The van der Waals surface area contributed by atoms with Crippen LogP contribution in [-0.2, 0) is 4.79 Å². The van der Waals surface area contributed by atoms with Crippen molar-refractivity contribution in [1.29, 1.82) is 0 Å². The van der Waals surface area contributed by atoms with Crippen LogP contribution in [0.15, 0.2) is 29.2 Å². The number of hydrogen-bond donors (Lipinski definition) is 2. The lowest BCUT2D eigenvalue weighted by Gasteiger charge is -2.10. The summed E-state index contributed by atoms with van der Waals surface area (Å²) in [6.07, 6.45) is 0. The van der Waals surface area contributed by atoms with Crippen molar-refractivity contribution in [2.75, 3.05) is 18.9 Å². The van der Waals surface area contributed by atoms with Crippen LogP contribution in [0.5, 0.6) is 0 Å². The molecule has 0 heterocycles. The average molecular weight is 246 g/mol. The molecule has 6 heteroatoms. The van der Waals surface area contributed by atoms with Crippen LogP contribution in [0.3, 0.4) is 0 Å². The van der Waals surface area contributed by atoms with Crippen molar-refractivity contribution in [3.8, 4) is 0 Å². The molecule has 1 amide bonds. The van der Waals surface area contributed by atoms with Crippen molar-refractivity contribution in [1.82, 2.24) is 5.32 Å². The fraction of sp³-hybridized carbons (Fsp3) is 0.300. The molecule has 0 atom stereocenters. The summed E-state index contributed by atoms with van der Waals surface area (Å²) in [7, 11) is 1.52. The molecule has 0 saturated carbocycles. The van der Waals surface area contributed by atoms with Crippen LogP contribution in [0.2, 0.25) is 0 Å². The van der Waals surface area contributed by atoms with Crippen molar-refractivity contribution < 1.29 is 13.6 Å². The third kappa shape index (κ3) is 4.06. The predicted octanol–water partition coefficient (Wildman–Crippen LogP) is 2.16. The molecular formula is C10H12F2N2OS. The number of nitrogens with one attached hydrogen (secondary N) is 2. The maximum atomic E-state index is 12.2. The van der Waals surface area contributed by atoms with E-state index < -0.39 is 5.76 Å². The number of carbonyl (C=O) groups excluding carboxylic acids is 1. The van der Waals surface area contributed by atoms with E-state index in [0.29, 0.717) is 22.3 Å². The second-order valence-electron chi connectivity index (χ2n) is 2.90.